The third kappa shape index (κ3) is 4.49. The summed E-state index contributed by atoms with van der Waals surface area (Å²) in [4.78, 5) is 0. The van der Waals surface area contributed by atoms with Gasteiger partial charge in [0.15, 0.2) is 0 Å². The molecule has 0 fully saturated rings. The van der Waals surface area contributed by atoms with Crippen molar-refractivity contribution in [3.8, 4) is 5.75 Å². The topological polar surface area (TPSA) is 29.5 Å². The largest absolute Gasteiger partial charge is 0.489 e. The fourth-order valence-electron chi connectivity index (χ4n) is 3.01. The normalized spacial score (nSPS) is 12.0. The van der Waals surface area contributed by atoms with Gasteiger partial charge >= 0.3 is 0 Å². The highest BCUT2D eigenvalue weighted by Gasteiger charge is 2.12. The molecule has 0 aliphatic rings. The van der Waals surface area contributed by atoms with E-state index in [1.165, 1.54) is 16.7 Å². The number of benzene rings is 3. The van der Waals surface area contributed by atoms with Crippen LogP contribution in [0.25, 0.3) is 0 Å². The van der Waals surface area contributed by atoms with Crippen molar-refractivity contribution in [3.63, 3.8) is 0 Å². The SMILES string of the molecule is Cc1cccc(C)c1CC(O)c1ccc(OCc2ccccc2)cc1. The van der Waals surface area contributed by atoms with E-state index < -0.39 is 6.10 Å². The molecule has 3 aromatic carbocycles. The zero-order valence-corrected chi connectivity index (χ0v) is 14.8. The summed E-state index contributed by atoms with van der Waals surface area (Å²) >= 11 is 0. The van der Waals surface area contributed by atoms with E-state index in [1.807, 2.05) is 54.6 Å². The molecular weight excluding hydrogens is 308 g/mol. The van der Waals surface area contributed by atoms with Gasteiger partial charge in [-0.05, 0) is 53.8 Å². The number of hydrogen-bond acceptors (Lipinski definition) is 2. The van der Waals surface area contributed by atoms with E-state index in [4.69, 9.17) is 4.74 Å². The Morgan fingerprint density at radius 2 is 1.44 bits per heavy atom. The van der Waals surface area contributed by atoms with Crippen LogP contribution in [0, 0.1) is 13.8 Å². The highest BCUT2D eigenvalue weighted by atomic mass is 16.5. The molecule has 3 rings (SSSR count). The van der Waals surface area contributed by atoms with Crippen LogP contribution in [-0.2, 0) is 13.0 Å². The second-order valence-corrected chi connectivity index (χ2v) is 6.43. The van der Waals surface area contributed by atoms with Crippen LogP contribution in [0.2, 0.25) is 0 Å². The van der Waals surface area contributed by atoms with Crippen molar-refractivity contribution in [2.45, 2.75) is 33.0 Å². The summed E-state index contributed by atoms with van der Waals surface area (Å²) in [6, 6.07) is 24.1. The molecule has 25 heavy (non-hydrogen) atoms. The number of ether oxygens (including phenoxy) is 1. The number of aliphatic hydroxyl groups excluding tert-OH is 1. The van der Waals surface area contributed by atoms with Gasteiger partial charge in [-0.2, -0.15) is 0 Å². The quantitative estimate of drug-likeness (QED) is 0.676. The maximum absolute atomic E-state index is 10.6. The van der Waals surface area contributed by atoms with E-state index in [0.717, 1.165) is 16.9 Å². The summed E-state index contributed by atoms with van der Waals surface area (Å²) in [5.74, 6) is 0.812. The zero-order valence-electron chi connectivity index (χ0n) is 14.8. The van der Waals surface area contributed by atoms with Gasteiger partial charge in [-0.3, -0.25) is 0 Å². The van der Waals surface area contributed by atoms with E-state index >= 15 is 0 Å². The summed E-state index contributed by atoms with van der Waals surface area (Å²) < 4.78 is 5.80. The van der Waals surface area contributed by atoms with Gasteiger partial charge in [0.1, 0.15) is 12.4 Å². The third-order valence-corrected chi connectivity index (χ3v) is 4.56. The number of hydrogen-bond donors (Lipinski definition) is 1. The molecule has 0 heterocycles. The Morgan fingerprint density at radius 1 is 0.800 bits per heavy atom. The molecule has 1 atom stereocenters. The molecule has 3 aromatic rings. The van der Waals surface area contributed by atoms with Gasteiger partial charge in [0.05, 0.1) is 6.10 Å². The van der Waals surface area contributed by atoms with Crippen molar-refractivity contribution in [1.29, 1.82) is 0 Å². The lowest BCUT2D eigenvalue weighted by atomic mass is 9.94. The predicted octanol–water partition coefficient (Wildman–Crippen LogP) is 5.16. The molecule has 0 aliphatic carbocycles. The van der Waals surface area contributed by atoms with Crippen molar-refractivity contribution >= 4 is 0 Å². The summed E-state index contributed by atoms with van der Waals surface area (Å²) in [5.41, 5.74) is 5.72. The van der Waals surface area contributed by atoms with E-state index in [2.05, 4.69) is 32.0 Å². The average Bonchev–Trinajstić information content (AvgIpc) is 2.64. The second kappa shape index (κ2) is 8.00. The Bertz CT molecular complexity index is 787. The Morgan fingerprint density at radius 3 is 2.08 bits per heavy atom. The Balaban J connectivity index is 1.63. The lowest BCUT2D eigenvalue weighted by Gasteiger charge is -2.16. The third-order valence-electron chi connectivity index (χ3n) is 4.56. The van der Waals surface area contributed by atoms with Gasteiger partial charge in [0, 0.05) is 6.42 Å². The van der Waals surface area contributed by atoms with Gasteiger partial charge in [0.2, 0.25) is 0 Å². The maximum Gasteiger partial charge on any atom is 0.119 e. The fraction of sp³-hybridized carbons (Fsp3) is 0.217. The Labute approximate surface area is 149 Å². The lowest BCUT2D eigenvalue weighted by molar-refractivity contribution is 0.178. The van der Waals surface area contributed by atoms with Crippen LogP contribution in [-0.4, -0.2) is 5.11 Å². The first kappa shape index (κ1) is 17.2. The van der Waals surface area contributed by atoms with Crippen molar-refractivity contribution < 1.29 is 9.84 Å². The molecule has 2 nitrogen and oxygen atoms in total. The van der Waals surface area contributed by atoms with Gasteiger partial charge in [-0.1, -0.05) is 60.7 Å². The van der Waals surface area contributed by atoms with Gasteiger partial charge in [0.25, 0.3) is 0 Å². The maximum atomic E-state index is 10.6. The molecule has 0 bridgehead atoms. The van der Waals surface area contributed by atoms with Gasteiger partial charge in [-0.15, -0.1) is 0 Å². The monoisotopic (exact) mass is 332 g/mol. The molecule has 0 aromatic heterocycles. The van der Waals surface area contributed by atoms with Crippen LogP contribution < -0.4 is 4.74 Å². The van der Waals surface area contributed by atoms with Crippen molar-refractivity contribution in [2.75, 3.05) is 0 Å². The molecule has 0 saturated heterocycles. The minimum atomic E-state index is -0.511. The number of aryl methyl sites for hydroxylation is 2. The molecule has 128 valence electrons. The molecule has 1 N–H and O–H groups in total. The molecule has 0 amide bonds. The summed E-state index contributed by atoms with van der Waals surface area (Å²) in [5, 5.41) is 10.6. The zero-order chi connectivity index (χ0) is 17.6. The molecular formula is C23H24O2. The van der Waals surface area contributed by atoms with Crippen LogP contribution in [0.4, 0.5) is 0 Å². The summed E-state index contributed by atoms with van der Waals surface area (Å²) in [7, 11) is 0. The lowest BCUT2D eigenvalue weighted by Crippen LogP contribution is -2.05. The minimum Gasteiger partial charge on any atom is -0.489 e. The van der Waals surface area contributed by atoms with Crippen molar-refractivity contribution in [2.24, 2.45) is 0 Å². The van der Waals surface area contributed by atoms with Crippen molar-refractivity contribution in [3.05, 3.63) is 101 Å². The highest BCUT2D eigenvalue weighted by molar-refractivity contribution is 5.36. The first-order valence-electron chi connectivity index (χ1n) is 8.63. The predicted molar refractivity (Wildman–Crippen MR) is 102 cm³/mol. The second-order valence-electron chi connectivity index (χ2n) is 6.43. The molecule has 2 heteroatoms. The van der Waals surface area contributed by atoms with E-state index in [-0.39, 0.29) is 0 Å². The van der Waals surface area contributed by atoms with Gasteiger partial charge in [-0.25, -0.2) is 0 Å². The van der Waals surface area contributed by atoms with Crippen LogP contribution in [0.3, 0.4) is 0 Å². The van der Waals surface area contributed by atoms with Crippen LogP contribution in [0.1, 0.15) is 33.9 Å². The Hall–Kier alpha value is -2.58. The average molecular weight is 332 g/mol. The standard InChI is InChI=1S/C23H24O2/c1-17-7-6-8-18(2)22(17)15-23(24)20-11-13-21(14-12-20)25-16-19-9-4-3-5-10-19/h3-14,23-24H,15-16H2,1-2H3. The van der Waals surface area contributed by atoms with Crippen LogP contribution in [0.5, 0.6) is 5.75 Å². The van der Waals surface area contributed by atoms with Crippen LogP contribution in [0.15, 0.2) is 72.8 Å². The first-order chi connectivity index (χ1) is 12.1. The molecule has 0 aliphatic heterocycles. The van der Waals surface area contributed by atoms with E-state index in [0.29, 0.717) is 13.0 Å². The molecule has 1 unspecified atom stereocenters. The molecule has 0 saturated carbocycles. The Kier molecular flexibility index (Phi) is 5.52. The number of rotatable bonds is 6. The highest BCUT2D eigenvalue weighted by Crippen LogP contribution is 2.24. The fourth-order valence-corrected chi connectivity index (χ4v) is 3.01. The van der Waals surface area contributed by atoms with E-state index in [9.17, 15) is 5.11 Å². The van der Waals surface area contributed by atoms with E-state index in [1.54, 1.807) is 0 Å². The summed E-state index contributed by atoms with van der Waals surface area (Å²) in [6.07, 6.45) is 0.117. The minimum absolute atomic E-state index is 0.511. The smallest absolute Gasteiger partial charge is 0.119 e. The van der Waals surface area contributed by atoms with Crippen molar-refractivity contribution in [1.82, 2.24) is 0 Å². The van der Waals surface area contributed by atoms with Crippen LogP contribution >= 0.6 is 0 Å². The molecule has 0 radical (unpaired) electrons. The van der Waals surface area contributed by atoms with Gasteiger partial charge < -0.3 is 9.84 Å². The molecule has 0 spiro atoms. The number of aliphatic hydroxyl groups is 1. The summed E-state index contributed by atoms with van der Waals surface area (Å²) in [6.45, 7) is 4.73. The first-order valence-corrected chi connectivity index (χ1v) is 8.63.